The number of benzene rings is 1. The Morgan fingerprint density at radius 3 is 2.83 bits per heavy atom. The van der Waals surface area contributed by atoms with Gasteiger partial charge in [-0.1, -0.05) is 0 Å². The minimum atomic E-state index is -0.438. The first-order valence-corrected chi connectivity index (χ1v) is 5.59. The van der Waals surface area contributed by atoms with E-state index in [1.807, 2.05) is 5.01 Å². The van der Waals surface area contributed by atoms with Crippen LogP contribution >= 0.6 is 0 Å². The Hall–Kier alpha value is -2.17. The summed E-state index contributed by atoms with van der Waals surface area (Å²) in [7, 11) is 0. The lowest BCUT2D eigenvalue weighted by molar-refractivity contribution is -0.384. The number of nitrogens with one attached hydrogen (secondary N) is 2. The van der Waals surface area contributed by atoms with Gasteiger partial charge < -0.3 is 10.7 Å². The SMILES string of the molecule is N#C[C@H]1CNCCN1Nc1ccc([N+](=O)[O-])cc1. The second-order valence-electron chi connectivity index (χ2n) is 3.96. The van der Waals surface area contributed by atoms with E-state index in [1.165, 1.54) is 12.1 Å². The monoisotopic (exact) mass is 247 g/mol. The maximum atomic E-state index is 10.5. The van der Waals surface area contributed by atoms with Crippen molar-refractivity contribution < 1.29 is 4.92 Å². The van der Waals surface area contributed by atoms with Crippen molar-refractivity contribution in [1.82, 2.24) is 10.3 Å². The van der Waals surface area contributed by atoms with Gasteiger partial charge in [-0.15, -0.1) is 0 Å². The van der Waals surface area contributed by atoms with Crippen LogP contribution in [-0.2, 0) is 0 Å². The molecule has 1 heterocycles. The van der Waals surface area contributed by atoms with E-state index in [9.17, 15) is 10.1 Å². The molecule has 0 amide bonds. The fourth-order valence-electron chi connectivity index (χ4n) is 1.78. The van der Waals surface area contributed by atoms with E-state index in [0.29, 0.717) is 13.1 Å². The van der Waals surface area contributed by atoms with Crippen LogP contribution in [0, 0.1) is 21.4 Å². The first-order valence-electron chi connectivity index (χ1n) is 5.59. The Labute approximate surface area is 104 Å². The van der Waals surface area contributed by atoms with Crippen LogP contribution in [0.1, 0.15) is 0 Å². The minimum absolute atomic E-state index is 0.0534. The summed E-state index contributed by atoms with van der Waals surface area (Å²) in [6.07, 6.45) is 0. The number of anilines is 1. The molecule has 0 aliphatic carbocycles. The Balaban J connectivity index is 2.04. The van der Waals surface area contributed by atoms with Crippen LogP contribution < -0.4 is 10.7 Å². The number of hydrogen-bond acceptors (Lipinski definition) is 6. The fourth-order valence-corrected chi connectivity index (χ4v) is 1.78. The number of nitrogens with zero attached hydrogens (tertiary/aromatic N) is 3. The molecule has 0 radical (unpaired) electrons. The fraction of sp³-hybridized carbons (Fsp3) is 0.364. The van der Waals surface area contributed by atoms with E-state index in [1.54, 1.807) is 12.1 Å². The van der Waals surface area contributed by atoms with Gasteiger partial charge in [0.15, 0.2) is 0 Å². The van der Waals surface area contributed by atoms with Gasteiger partial charge in [-0.25, -0.2) is 5.01 Å². The molecular formula is C11H13N5O2. The third-order valence-corrected chi connectivity index (χ3v) is 2.74. The summed E-state index contributed by atoms with van der Waals surface area (Å²) in [5, 5.41) is 24.5. The minimum Gasteiger partial charge on any atom is -0.318 e. The van der Waals surface area contributed by atoms with Gasteiger partial charge in [-0.2, -0.15) is 5.26 Å². The van der Waals surface area contributed by atoms with Crippen LogP contribution in [0.25, 0.3) is 0 Å². The molecule has 1 aliphatic rings. The molecule has 1 aliphatic heterocycles. The van der Waals surface area contributed by atoms with E-state index in [0.717, 1.165) is 12.2 Å². The zero-order chi connectivity index (χ0) is 13.0. The molecule has 2 rings (SSSR count). The van der Waals surface area contributed by atoms with Crippen molar-refractivity contribution in [3.8, 4) is 6.07 Å². The van der Waals surface area contributed by atoms with Gasteiger partial charge >= 0.3 is 0 Å². The summed E-state index contributed by atoms with van der Waals surface area (Å²) in [5.74, 6) is 0. The summed E-state index contributed by atoms with van der Waals surface area (Å²) in [6, 6.07) is 8.09. The molecule has 7 nitrogen and oxygen atoms in total. The van der Waals surface area contributed by atoms with Crippen LogP contribution in [0.4, 0.5) is 11.4 Å². The van der Waals surface area contributed by atoms with Gasteiger partial charge in [-0.05, 0) is 12.1 Å². The molecule has 2 N–H and O–H groups in total. The number of piperazine rings is 1. The third kappa shape index (κ3) is 2.74. The van der Waals surface area contributed by atoms with Gasteiger partial charge in [0.2, 0.25) is 0 Å². The standard InChI is InChI=1S/C11H13N5O2/c12-7-11-8-13-5-6-15(11)14-9-1-3-10(4-2-9)16(17)18/h1-4,11,13-14H,5-6,8H2/t11-/m0/s1. The Kier molecular flexibility index (Phi) is 3.72. The quantitative estimate of drug-likeness (QED) is 0.603. The summed E-state index contributed by atoms with van der Waals surface area (Å²) in [4.78, 5) is 10.1. The molecule has 0 bridgehead atoms. The average Bonchev–Trinajstić information content (AvgIpc) is 2.40. The van der Waals surface area contributed by atoms with Crippen molar-refractivity contribution in [2.45, 2.75) is 6.04 Å². The number of hydrazine groups is 1. The van der Waals surface area contributed by atoms with Crippen molar-refractivity contribution in [3.05, 3.63) is 34.4 Å². The van der Waals surface area contributed by atoms with Crippen molar-refractivity contribution in [2.75, 3.05) is 25.1 Å². The predicted molar refractivity (Wildman–Crippen MR) is 65.7 cm³/mol. The van der Waals surface area contributed by atoms with Crippen LogP contribution in [0.2, 0.25) is 0 Å². The summed E-state index contributed by atoms with van der Waals surface area (Å²) < 4.78 is 0. The van der Waals surface area contributed by atoms with Gasteiger partial charge in [-0.3, -0.25) is 10.1 Å². The molecular weight excluding hydrogens is 234 g/mol. The lowest BCUT2D eigenvalue weighted by atomic mass is 10.2. The van der Waals surface area contributed by atoms with Crippen LogP contribution in [0.3, 0.4) is 0 Å². The van der Waals surface area contributed by atoms with E-state index in [4.69, 9.17) is 5.26 Å². The summed E-state index contributed by atoms with van der Waals surface area (Å²) in [6.45, 7) is 2.11. The van der Waals surface area contributed by atoms with Crippen molar-refractivity contribution >= 4 is 11.4 Å². The Morgan fingerprint density at radius 1 is 1.50 bits per heavy atom. The number of nitriles is 1. The maximum Gasteiger partial charge on any atom is 0.269 e. The third-order valence-electron chi connectivity index (χ3n) is 2.74. The molecule has 0 aromatic heterocycles. The first kappa shape index (κ1) is 12.3. The van der Waals surface area contributed by atoms with Crippen LogP contribution in [0.5, 0.6) is 0 Å². The molecule has 18 heavy (non-hydrogen) atoms. The Bertz CT molecular complexity index is 467. The van der Waals surface area contributed by atoms with E-state index in [-0.39, 0.29) is 11.7 Å². The van der Waals surface area contributed by atoms with Crippen molar-refractivity contribution in [3.63, 3.8) is 0 Å². The highest BCUT2D eigenvalue weighted by Gasteiger charge is 2.21. The van der Waals surface area contributed by atoms with Crippen LogP contribution in [0.15, 0.2) is 24.3 Å². The molecule has 1 atom stereocenters. The largest absolute Gasteiger partial charge is 0.318 e. The lowest BCUT2D eigenvalue weighted by Crippen LogP contribution is -2.52. The van der Waals surface area contributed by atoms with Gasteiger partial charge in [0, 0.05) is 37.5 Å². The smallest absolute Gasteiger partial charge is 0.269 e. The number of rotatable bonds is 3. The lowest BCUT2D eigenvalue weighted by Gasteiger charge is -2.32. The van der Waals surface area contributed by atoms with Gasteiger partial charge in [0.05, 0.1) is 11.0 Å². The normalized spacial score (nSPS) is 20.1. The van der Waals surface area contributed by atoms with Crippen molar-refractivity contribution in [1.29, 1.82) is 5.26 Å². The van der Waals surface area contributed by atoms with Gasteiger partial charge in [0.1, 0.15) is 6.04 Å². The zero-order valence-electron chi connectivity index (χ0n) is 9.67. The molecule has 94 valence electrons. The predicted octanol–water partition coefficient (Wildman–Crippen LogP) is 0.719. The van der Waals surface area contributed by atoms with E-state index >= 15 is 0 Å². The molecule has 1 fully saturated rings. The first-order chi connectivity index (χ1) is 8.70. The Morgan fingerprint density at radius 2 is 2.22 bits per heavy atom. The molecule has 1 saturated heterocycles. The summed E-state index contributed by atoms with van der Waals surface area (Å²) in [5.41, 5.74) is 3.89. The number of nitro benzene ring substituents is 1. The second kappa shape index (κ2) is 5.44. The highest BCUT2D eigenvalue weighted by atomic mass is 16.6. The highest BCUT2D eigenvalue weighted by molar-refractivity contribution is 5.48. The number of nitro groups is 1. The second-order valence-corrected chi connectivity index (χ2v) is 3.96. The van der Waals surface area contributed by atoms with Crippen molar-refractivity contribution in [2.24, 2.45) is 0 Å². The molecule has 0 unspecified atom stereocenters. The average molecular weight is 247 g/mol. The highest BCUT2D eigenvalue weighted by Crippen LogP contribution is 2.16. The van der Waals surface area contributed by atoms with Crippen LogP contribution in [-0.4, -0.2) is 35.6 Å². The molecule has 0 spiro atoms. The summed E-state index contributed by atoms with van der Waals surface area (Å²) >= 11 is 0. The maximum absolute atomic E-state index is 10.5. The van der Waals surface area contributed by atoms with E-state index in [2.05, 4.69) is 16.8 Å². The zero-order valence-corrected chi connectivity index (χ0v) is 9.67. The van der Waals surface area contributed by atoms with E-state index < -0.39 is 4.92 Å². The molecule has 7 heteroatoms. The molecule has 0 saturated carbocycles. The molecule has 1 aromatic carbocycles. The van der Waals surface area contributed by atoms with Gasteiger partial charge in [0.25, 0.3) is 5.69 Å². The number of hydrogen-bond donors (Lipinski definition) is 2. The molecule has 1 aromatic rings. The topological polar surface area (TPSA) is 94.2 Å². The number of non-ortho nitro benzene ring substituents is 1.